The summed E-state index contributed by atoms with van der Waals surface area (Å²) >= 11 is 0. The first kappa shape index (κ1) is 14.6. The molecule has 0 aliphatic carbocycles. The van der Waals surface area contributed by atoms with Crippen LogP contribution in [0, 0.1) is 18.8 Å². The molecule has 0 saturated heterocycles. The van der Waals surface area contributed by atoms with Crippen molar-refractivity contribution in [2.75, 3.05) is 17.2 Å². The van der Waals surface area contributed by atoms with Crippen molar-refractivity contribution in [1.29, 1.82) is 0 Å². The first-order valence-corrected chi connectivity index (χ1v) is 6.61. The molecule has 0 fully saturated rings. The molecule has 0 unspecified atom stereocenters. The number of aryl methyl sites for hydroxylation is 1. The minimum atomic E-state index is -0.276. The molecule has 0 radical (unpaired) electrons. The van der Waals surface area contributed by atoms with E-state index in [1.54, 1.807) is 12.1 Å². The van der Waals surface area contributed by atoms with Crippen molar-refractivity contribution in [3.05, 3.63) is 59.7 Å². The van der Waals surface area contributed by atoms with Gasteiger partial charge in [-0.15, -0.1) is 0 Å². The van der Waals surface area contributed by atoms with Crippen molar-refractivity contribution >= 4 is 17.4 Å². The summed E-state index contributed by atoms with van der Waals surface area (Å²) in [5.74, 6) is 5.71. The van der Waals surface area contributed by atoms with Crippen molar-refractivity contribution < 1.29 is 4.79 Å². The lowest BCUT2D eigenvalue weighted by Crippen LogP contribution is -2.19. The second kappa shape index (κ2) is 7.13. The number of rotatable bonds is 2. The molecule has 4 heteroatoms. The zero-order valence-electron chi connectivity index (χ0n) is 11.8. The summed E-state index contributed by atoms with van der Waals surface area (Å²) in [5, 5.41) is 5.56. The van der Waals surface area contributed by atoms with Gasteiger partial charge in [0.15, 0.2) is 0 Å². The minimum Gasteiger partial charge on any atom is -0.320 e. The topological polar surface area (TPSA) is 67.2 Å². The average Bonchev–Trinajstić information content (AvgIpc) is 2.46. The highest BCUT2D eigenvalue weighted by atomic mass is 16.2. The number of nitrogens with two attached hydrogens (primary N) is 1. The molecular formula is C17H17N3O. The maximum Gasteiger partial charge on any atom is 0.323 e. The van der Waals surface area contributed by atoms with Gasteiger partial charge in [0.05, 0.1) is 6.54 Å². The number of hydrogen-bond donors (Lipinski definition) is 3. The lowest BCUT2D eigenvalue weighted by molar-refractivity contribution is 0.262. The highest BCUT2D eigenvalue weighted by Gasteiger charge is 2.02. The van der Waals surface area contributed by atoms with Gasteiger partial charge in [-0.05, 0) is 48.9 Å². The van der Waals surface area contributed by atoms with E-state index in [2.05, 4.69) is 22.5 Å². The Balaban J connectivity index is 1.96. The molecule has 0 aromatic heterocycles. The normalized spacial score (nSPS) is 9.43. The highest BCUT2D eigenvalue weighted by molar-refractivity contribution is 5.99. The third-order valence-electron chi connectivity index (χ3n) is 2.75. The third kappa shape index (κ3) is 4.68. The number of amides is 2. The van der Waals surface area contributed by atoms with Gasteiger partial charge in [-0.3, -0.25) is 0 Å². The monoisotopic (exact) mass is 279 g/mol. The van der Waals surface area contributed by atoms with E-state index in [0.717, 1.165) is 16.8 Å². The number of benzene rings is 2. The molecule has 0 aliphatic heterocycles. The van der Waals surface area contributed by atoms with Gasteiger partial charge in [-0.2, -0.15) is 0 Å². The molecule has 0 bridgehead atoms. The van der Waals surface area contributed by atoms with Crippen LogP contribution in [0.15, 0.2) is 48.5 Å². The van der Waals surface area contributed by atoms with Crippen LogP contribution in [-0.4, -0.2) is 12.6 Å². The van der Waals surface area contributed by atoms with Crippen LogP contribution in [0.2, 0.25) is 0 Å². The van der Waals surface area contributed by atoms with E-state index in [-0.39, 0.29) is 6.03 Å². The molecule has 2 aromatic rings. The van der Waals surface area contributed by atoms with E-state index in [4.69, 9.17) is 5.73 Å². The van der Waals surface area contributed by atoms with Gasteiger partial charge >= 0.3 is 6.03 Å². The fraction of sp³-hybridized carbons (Fsp3) is 0.118. The van der Waals surface area contributed by atoms with Crippen LogP contribution in [0.4, 0.5) is 16.2 Å². The Kier molecular flexibility index (Phi) is 4.97. The largest absolute Gasteiger partial charge is 0.323 e. The third-order valence-corrected chi connectivity index (χ3v) is 2.75. The predicted molar refractivity (Wildman–Crippen MR) is 86.2 cm³/mol. The molecule has 106 valence electrons. The van der Waals surface area contributed by atoms with E-state index in [1.165, 1.54) is 0 Å². The lowest BCUT2D eigenvalue weighted by Gasteiger charge is -2.08. The molecule has 0 atom stereocenters. The maximum atomic E-state index is 11.9. The molecule has 2 aromatic carbocycles. The first-order chi connectivity index (χ1) is 10.2. The molecule has 0 heterocycles. The number of carbonyl (C=O) groups is 1. The zero-order chi connectivity index (χ0) is 15.1. The summed E-state index contributed by atoms with van der Waals surface area (Å²) in [6, 6.07) is 14.6. The van der Waals surface area contributed by atoms with Crippen molar-refractivity contribution in [1.82, 2.24) is 0 Å². The number of carbonyl (C=O) groups excluding carboxylic acids is 1. The van der Waals surface area contributed by atoms with Gasteiger partial charge in [-0.1, -0.05) is 24.0 Å². The van der Waals surface area contributed by atoms with E-state index in [9.17, 15) is 4.79 Å². The number of nitrogens with one attached hydrogen (secondary N) is 2. The second-order valence-corrected chi connectivity index (χ2v) is 4.53. The van der Waals surface area contributed by atoms with Gasteiger partial charge in [0.1, 0.15) is 0 Å². The Morgan fingerprint density at radius 2 is 1.81 bits per heavy atom. The summed E-state index contributed by atoms with van der Waals surface area (Å²) in [7, 11) is 0. The fourth-order valence-corrected chi connectivity index (χ4v) is 1.81. The summed E-state index contributed by atoms with van der Waals surface area (Å²) < 4.78 is 0. The Morgan fingerprint density at radius 3 is 2.48 bits per heavy atom. The van der Waals surface area contributed by atoms with Crippen LogP contribution in [0.1, 0.15) is 11.1 Å². The van der Waals surface area contributed by atoms with E-state index in [1.807, 2.05) is 43.3 Å². The summed E-state index contributed by atoms with van der Waals surface area (Å²) in [6.45, 7) is 2.31. The lowest BCUT2D eigenvalue weighted by atomic mass is 10.2. The number of urea groups is 1. The van der Waals surface area contributed by atoms with Crippen LogP contribution in [0.5, 0.6) is 0 Å². The Morgan fingerprint density at radius 1 is 1.10 bits per heavy atom. The van der Waals surface area contributed by atoms with Crippen LogP contribution >= 0.6 is 0 Å². The maximum absolute atomic E-state index is 11.9. The number of hydrogen-bond acceptors (Lipinski definition) is 2. The molecule has 4 nitrogen and oxygen atoms in total. The fourth-order valence-electron chi connectivity index (χ4n) is 1.81. The second-order valence-electron chi connectivity index (χ2n) is 4.53. The van der Waals surface area contributed by atoms with Crippen molar-refractivity contribution in [3.63, 3.8) is 0 Å². The van der Waals surface area contributed by atoms with E-state index < -0.39 is 0 Å². The van der Waals surface area contributed by atoms with Crippen LogP contribution < -0.4 is 16.4 Å². The van der Waals surface area contributed by atoms with Crippen LogP contribution in [-0.2, 0) is 0 Å². The van der Waals surface area contributed by atoms with Gasteiger partial charge < -0.3 is 16.4 Å². The standard InChI is InChI=1S/C17H17N3O/c1-13-4-2-6-16(12-13)20-17(21)19-15-9-7-14(8-10-15)5-3-11-18/h2,4,6-10,12H,11,18H2,1H3,(H2,19,20,21). The summed E-state index contributed by atoms with van der Waals surface area (Å²) in [5.41, 5.74) is 8.75. The number of anilines is 2. The van der Waals surface area contributed by atoms with Crippen molar-refractivity contribution in [2.45, 2.75) is 6.92 Å². The van der Waals surface area contributed by atoms with Gasteiger partial charge in [-0.25, -0.2) is 4.79 Å². The summed E-state index contributed by atoms with van der Waals surface area (Å²) in [4.78, 5) is 11.9. The van der Waals surface area contributed by atoms with Crippen molar-refractivity contribution in [3.8, 4) is 11.8 Å². The smallest absolute Gasteiger partial charge is 0.320 e. The van der Waals surface area contributed by atoms with Gasteiger partial charge in [0.2, 0.25) is 0 Å². The zero-order valence-corrected chi connectivity index (χ0v) is 11.8. The molecule has 4 N–H and O–H groups in total. The molecule has 2 rings (SSSR count). The Hall–Kier alpha value is -2.77. The van der Waals surface area contributed by atoms with E-state index >= 15 is 0 Å². The molecule has 2 amide bonds. The Bertz CT molecular complexity index is 681. The molecule has 21 heavy (non-hydrogen) atoms. The molecule has 0 spiro atoms. The summed E-state index contributed by atoms with van der Waals surface area (Å²) in [6.07, 6.45) is 0. The SMILES string of the molecule is Cc1cccc(NC(=O)Nc2ccc(C#CCN)cc2)c1. The quantitative estimate of drug-likeness (QED) is 0.740. The van der Waals surface area contributed by atoms with Crippen LogP contribution in [0.25, 0.3) is 0 Å². The predicted octanol–water partition coefficient (Wildman–Crippen LogP) is 2.95. The minimum absolute atomic E-state index is 0.276. The van der Waals surface area contributed by atoms with Crippen LogP contribution in [0.3, 0.4) is 0 Å². The van der Waals surface area contributed by atoms with Gasteiger partial charge in [0.25, 0.3) is 0 Å². The molecule has 0 aliphatic rings. The van der Waals surface area contributed by atoms with Crippen molar-refractivity contribution in [2.24, 2.45) is 5.73 Å². The first-order valence-electron chi connectivity index (χ1n) is 6.61. The van der Waals surface area contributed by atoms with E-state index in [0.29, 0.717) is 12.2 Å². The molecular weight excluding hydrogens is 262 g/mol. The Labute approximate surface area is 124 Å². The van der Waals surface area contributed by atoms with Gasteiger partial charge in [0, 0.05) is 16.9 Å². The highest BCUT2D eigenvalue weighted by Crippen LogP contribution is 2.12. The average molecular weight is 279 g/mol. The molecule has 0 saturated carbocycles.